The van der Waals surface area contributed by atoms with Crippen LogP contribution in [0.15, 0.2) is 66.7 Å². The second-order valence-electron chi connectivity index (χ2n) is 5.96. The number of carbonyl (C=O) groups is 1. The van der Waals surface area contributed by atoms with Crippen LogP contribution in [-0.4, -0.2) is 10.5 Å². The molecule has 0 saturated carbocycles. The van der Waals surface area contributed by atoms with Crippen LogP contribution >= 0.6 is 22.6 Å². The third kappa shape index (κ3) is 2.91. The first-order chi connectivity index (χ1) is 12.2. The SMILES string of the molecule is CCn1c2ccccc2c2cc(NC(=O)c3cccc(I)c3)ccc21. The Bertz CT molecular complexity index is 1100. The summed E-state index contributed by atoms with van der Waals surface area (Å²) in [5.74, 6) is -0.0860. The molecular formula is C21H17IN2O. The fourth-order valence-corrected chi connectivity index (χ4v) is 3.85. The largest absolute Gasteiger partial charge is 0.341 e. The lowest BCUT2D eigenvalue weighted by atomic mass is 10.1. The third-order valence-electron chi connectivity index (χ3n) is 4.43. The maximum Gasteiger partial charge on any atom is 0.255 e. The number of benzene rings is 3. The summed E-state index contributed by atoms with van der Waals surface area (Å²) < 4.78 is 3.35. The maximum absolute atomic E-state index is 12.5. The molecule has 0 spiro atoms. The zero-order valence-electron chi connectivity index (χ0n) is 13.8. The van der Waals surface area contributed by atoms with Gasteiger partial charge in [-0.15, -0.1) is 0 Å². The van der Waals surface area contributed by atoms with Crippen LogP contribution in [0.2, 0.25) is 0 Å². The van der Waals surface area contributed by atoms with E-state index in [4.69, 9.17) is 0 Å². The standard InChI is InChI=1S/C21H17IN2O/c1-2-24-19-9-4-3-8-17(19)18-13-16(10-11-20(18)24)23-21(25)14-6-5-7-15(22)12-14/h3-13H,2H2,1H3,(H,23,25). The molecule has 0 fully saturated rings. The van der Waals surface area contributed by atoms with Crippen molar-refractivity contribution in [2.24, 2.45) is 0 Å². The van der Waals surface area contributed by atoms with E-state index in [1.165, 1.54) is 16.4 Å². The molecule has 0 atom stereocenters. The van der Waals surface area contributed by atoms with Crippen LogP contribution in [0.25, 0.3) is 21.8 Å². The Labute approximate surface area is 159 Å². The molecule has 1 N–H and O–H groups in total. The predicted octanol–water partition coefficient (Wildman–Crippen LogP) is 5.67. The number of nitrogens with zero attached hydrogens (tertiary/aromatic N) is 1. The van der Waals surface area contributed by atoms with Crippen LogP contribution in [0, 0.1) is 3.57 Å². The smallest absolute Gasteiger partial charge is 0.255 e. The van der Waals surface area contributed by atoms with Gasteiger partial charge < -0.3 is 9.88 Å². The Morgan fingerprint density at radius 2 is 1.76 bits per heavy atom. The molecule has 3 aromatic carbocycles. The molecule has 0 unspecified atom stereocenters. The number of anilines is 1. The number of nitrogens with one attached hydrogen (secondary N) is 1. The van der Waals surface area contributed by atoms with Gasteiger partial charge >= 0.3 is 0 Å². The zero-order valence-corrected chi connectivity index (χ0v) is 15.9. The number of halogens is 1. The summed E-state index contributed by atoms with van der Waals surface area (Å²) in [6, 6.07) is 22.1. The normalized spacial score (nSPS) is 11.1. The lowest BCUT2D eigenvalue weighted by Crippen LogP contribution is -2.11. The van der Waals surface area contributed by atoms with Gasteiger partial charge in [0.05, 0.1) is 0 Å². The van der Waals surface area contributed by atoms with E-state index in [1.54, 1.807) is 0 Å². The number of aromatic nitrogens is 1. The van der Waals surface area contributed by atoms with E-state index >= 15 is 0 Å². The fourth-order valence-electron chi connectivity index (χ4n) is 3.31. The lowest BCUT2D eigenvalue weighted by molar-refractivity contribution is 0.102. The fraction of sp³-hybridized carbons (Fsp3) is 0.0952. The van der Waals surface area contributed by atoms with Crippen molar-refractivity contribution in [1.29, 1.82) is 0 Å². The molecule has 3 nitrogen and oxygen atoms in total. The average Bonchev–Trinajstić information content (AvgIpc) is 2.95. The van der Waals surface area contributed by atoms with Crippen molar-refractivity contribution in [3.8, 4) is 0 Å². The minimum Gasteiger partial charge on any atom is -0.341 e. The molecule has 0 aliphatic rings. The molecule has 4 rings (SSSR count). The number of carbonyl (C=O) groups excluding carboxylic acids is 1. The topological polar surface area (TPSA) is 34.0 Å². The molecule has 1 heterocycles. The molecule has 4 aromatic rings. The highest BCUT2D eigenvalue weighted by Gasteiger charge is 2.11. The quantitative estimate of drug-likeness (QED) is 0.409. The second kappa shape index (κ2) is 6.52. The minimum atomic E-state index is -0.0860. The molecule has 0 aliphatic heterocycles. The van der Waals surface area contributed by atoms with Crippen molar-refractivity contribution in [1.82, 2.24) is 4.57 Å². The summed E-state index contributed by atoms with van der Waals surface area (Å²) in [5.41, 5.74) is 3.90. The Morgan fingerprint density at radius 3 is 2.56 bits per heavy atom. The summed E-state index contributed by atoms with van der Waals surface area (Å²) in [4.78, 5) is 12.5. The van der Waals surface area contributed by atoms with E-state index in [2.05, 4.69) is 75.8 Å². The summed E-state index contributed by atoms with van der Waals surface area (Å²) >= 11 is 2.21. The first-order valence-corrected chi connectivity index (χ1v) is 9.33. The van der Waals surface area contributed by atoms with Gasteiger partial charge in [-0.3, -0.25) is 4.79 Å². The van der Waals surface area contributed by atoms with Gasteiger partial charge in [0.2, 0.25) is 0 Å². The van der Waals surface area contributed by atoms with E-state index in [0.717, 1.165) is 21.2 Å². The highest BCUT2D eigenvalue weighted by Crippen LogP contribution is 2.31. The predicted molar refractivity (Wildman–Crippen MR) is 112 cm³/mol. The van der Waals surface area contributed by atoms with Crippen LogP contribution in [0.1, 0.15) is 17.3 Å². The maximum atomic E-state index is 12.5. The lowest BCUT2D eigenvalue weighted by Gasteiger charge is -2.07. The van der Waals surface area contributed by atoms with Gasteiger partial charge in [-0.1, -0.05) is 24.3 Å². The van der Waals surface area contributed by atoms with Crippen molar-refractivity contribution in [3.05, 3.63) is 75.9 Å². The van der Waals surface area contributed by atoms with Crippen molar-refractivity contribution in [2.45, 2.75) is 13.5 Å². The van der Waals surface area contributed by atoms with E-state index in [1.807, 2.05) is 30.3 Å². The monoisotopic (exact) mass is 440 g/mol. The number of hydrogen-bond acceptors (Lipinski definition) is 1. The van der Waals surface area contributed by atoms with Crippen LogP contribution in [-0.2, 0) is 6.54 Å². The van der Waals surface area contributed by atoms with Crippen LogP contribution < -0.4 is 5.32 Å². The van der Waals surface area contributed by atoms with Crippen molar-refractivity contribution in [2.75, 3.05) is 5.32 Å². The van der Waals surface area contributed by atoms with Crippen LogP contribution in [0.5, 0.6) is 0 Å². The number of aryl methyl sites for hydroxylation is 1. The molecule has 4 heteroatoms. The third-order valence-corrected chi connectivity index (χ3v) is 5.10. The molecule has 1 aromatic heterocycles. The molecule has 1 amide bonds. The number of rotatable bonds is 3. The number of amides is 1. The molecule has 0 saturated heterocycles. The summed E-state index contributed by atoms with van der Waals surface area (Å²) in [6.07, 6.45) is 0. The Kier molecular flexibility index (Phi) is 4.21. The van der Waals surface area contributed by atoms with Crippen molar-refractivity contribution < 1.29 is 4.79 Å². The molecule has 25 heavy (non-hydrogen) atoms. The van der Waals surface area contributed by atoms with Gasteiger partial charge in [0, 0.05) is 43.2 Å². The second-order valence-corrected chi connectivity index (χ2v) is 7.20. The highest BCUT2D eigenvalue weighted by molar-refractivity contribution is 14.1. The van der Waals surface area contributed by atoms with Crippen molar-refractivity contribution >= 4 is 56.0 Å². The Balaban J connectivity index is 1.76. The first kappa shape index (κ1) is 16.1. The van der Waals surface area contributed by atoms with Crippen LogP contribution in [0.4, 0.5) is 5.69 Å². The average molecular weight is 440 g/mol. The number of hydrogen-bond donors (Lipinski definition) is 1. The van der Waals surface area contributed by atoms with Gasteiger partial charge in [-0.2, -0.15) is 0 Å². The van der Waals surface area contributed by atoms with Gasteiger partial charge in [0.15, 0.2) is 0 Å². The molecule has 0 bridgehead atoms. The zero-order chi connectivity index (χ0) is 17.4. The first-order valence-electron chi connectivity index (χ1n) is 8.25. The molecular weight excluding hydrogens is 423 g/mol. The van der Waals surface area contributed by atoms with Gasteiger partial charge in [0.25, 0.3) is 5.91 Å². The van der Waals surface area contributed by atoms with E-state index in [9.17, 15) is 4.79 Å². The Morgan fingerprint density at radius 1 is 0.960 bits per heavy atom. The Hall–Kier alpha value is -2.34. The van der Waals surface area contributed by atoms with Gasteiger partial charge in [0.1, 0.15) is 0 Å². The van der Waals surface area contributed by atoms with E-state index in [-0.39, 0.29) is 5.91 Å². The number of para-hydroxylation sites is 1. The van der Waals surface area contributed by atoms with E-state index in [0.29, 0.717) is 5.56 Å². The van der Waals surface area contributed by atoms with Gasteiger partial charge in [-0.05, 0) is 72.0 Å². The molecule has 0 aliphatic carbocycles. The van der Waals surface area contributed by atoms with Crippen molar-refractivity contribution in [3.63, 3.8) is 0 Å². The summed E-state index contributed by atoms with van der Waals surface area (Å²) in [7, 11) is 0. The van der Waals surface area contributed by atoms with Gasteiger partial charge in [-0.25, -0.2) is 0 Å². The number of fused-ring (bicyclic) bond motifs is 3. The molecule has 0 radical (unpaired) electrons. The summed E-state index contributed by atoms with van der Waals surface area (Å²) in [6.45, 7) is 3.07. The summed E-state index contributed by atoms with van der Waals surface area (Å²) in [5, 5.41) is 5.40. The van der Waals surface area contributed by atoms with Crippen LogP contribution in [0.3, 0.4) is 0 Å². The molecule has 124 valence electrons. The van der Waals surface area contributed by atoms with E-state index < -0.39 is 0 Å². The highest BCUT2D eigenvalue weighted by atomic mass is 127. The minimum absolute atomic E-state index is 0.0860.